The minimum Gasteiger partial charge on any atom is -0.477 e. The molecule has 376 valence electrons. The molecule has 0 spiro atoms. The van der Waals surface area contributed by atoms with Gasteiger partial charge in [-0.1, -0.05) is 203 Å². The molecular weight excluding hydrogens is 815 g/mol. The van der Waals surface area contributed by atoms with Crippen molar-refractivity contribution in [3.63, 3.8) is 0 Å². The number of aliphatic carboxylic acids is 1. The van der Waals surface area contributed by atoms with E-state index < -0.39 is 24.3 Å². The summed E-state index contributed by atoms with van der Waals surface area (Å²) in [5, 5.41) is 9.65. The summed E-state index contributed by atoms with van der Waals surface area (Å²) in [6, 6.07) is 0. The van der Waals surface area contributed by atoms with Gasteiger partial charge in [0.05, 0.1) is 34.4 Å². The van der Waals surface area contributed by atoms with Gasteiger partial charge in [0.15, 0.2) is 6.10 Å². The molecule has 0 bridgehead atoms. The Morgan fingerprint density at radius 1 is 0.477 bits per heavy atom. The van der Waals surface area contributed by atoms with Gasteiger partial charge < -0.3 is 28.5 Å². The fraction of sp³-hybridized carbons (Fsp3) is 0.768. The topological polar surface area (TPSA) is 108 Å². The Labute approximate surface area is 399 Å². The zero-order valence-corrected chi connectivity index (χ0v) is 42.6. The number of carbonyl (C=O) groups is 3. The Hall–Kier alpha value is -3.01. The molecule has 9 heteroatoms. The summed E-state index contributed by atoms with van der Waals surface area (Å²) >= 11 is 0. The van der Waals surface area contributed by atoms with Crippen LogP contribution >= 0.6 is 0 Å². The molecule has 65 heavy (non-hydrogen) atoms. The number of rotatable bonds is 48. The highest BCUT2D eigenvalue weighted by Gasteiger charge is 2.25. The molecule has 0 saturated heterocycles. The summed E-state index contributed by atoms with van der Waals surface area (Å²) in [6.07, 6.45) is 56.2. The van der Waals surface area contributed by atoms with Gasteiger partial charge in [-0.05, 0) is 64.2 Å². The molecule has 0 rings (SSSR count). The van der Waals surface area contributed by atoms with Crippen molar-refractivity contribution >= 4 is 17.9 Å². The van der Waals surface area contributed by atoms with Crippen LogP contribution in [0.2, 0.25) is 0 Å². The van der Waals surface area contributed by atoms with Gasteiger partial charge in [0.25, 0.3) is 6.29 Å². The van der Waals surface area contributed by atoms with Crippen molar-refractivity contribution in [1.82, 2.24) is 0 Å². The van der Waals surface area contributed by atoms with Crippen molar-refractivity contribution in [3.8, 4) is 0 Å². The van der Waals surface area contributed by atoms with E-state index in [4.69, 9.17) is 18.9 Å². The van der Waals surface area contributed by atoms with E-state index in [0.29, 0.717) is 17.4 Å². The third-order valence-corrected chi connectivity index (χ3v) is 11.3. The predicted octanol–water partition coefficient (Wildman–Crippen LogP) is 14.9. The lowest BCUT2D eigenvalue weighted by molar-refractivity contribution is -0.870. The van der Waals surface area contributed by atoms with Gasteiger partial charge in [-0.3, -0.25) is 9.59 Å². The van der Waals surface area contributed by atoms with Crippen molar-refractivity contribution in [3.05, 3.63) is 60.8 Å². The Balaban J connectivity index is 4.22. The number of quaternary nitrogens is 1. The van der Waals surface area contributed by atoms with Crippen LogP contribution in [0.1, 0.15) is 219 Å². The Morgan fingerprint density at radius 2 is 0.908 bits per heavy atom. The molecule has 2 unspecified atom stereocenters. The largest absolute Gasteiger partial charge is 0.477 e. The quantitative estimate of drug-likeness (QED) is 0.0211. The molecule has 0 aliphatic carbocycles. The zero-order valence-electron chi connectivity index (χ0n) is 42.6. The van der Waals surface area contributed by atoms with Gasteiger partial charge >= 0.3 is 17.9 Å². The third-order valence-electron chi connectivity index (χ3n) is 11.3. The number of unbranched alkanes of at least 4 members (excludes halogenated alkanes) is 23. The third kappa shape index (κ3) is 48.7. The van der Waals surface area contributed by atoms with Crippen molar-refractivity contribution in [2.45, 2.75) is 232 Å². The summed E-state index contributed by atoms with van der Waals surface area (Å²) in [5.74, 6) is -2.11. The van der Waals surface area contributed by atoms with Crippen LogP contribution in [0.4, 0.5) is 0 Å². The highest BCUT2D eigenvalue weighted by molar-refractivity contribution is 5.71. The molecule has 0 aromatic carbocycles. The van der Waals surface area contributed by atoms with Crippen LogP contribution in [0.25, 0.3) is 0 Å². The number of ether oxygens (including phenoxy) is 4. The van der Waals surface area contributed by atoms with E-state index in [2.05, 4.69) is 62.5 Å². The second-order valence-corrected chi connectivity index (χ2v) is 18.8. The molecule has 0 amide bonds. The number of allylic oxidation sites excluding steroid dienone is 10. The summed E-state index contributed by atoms with van der Waals surface area (Å²) in [7, 11) is 5.94. The first-order valence-electron chi connectivity index (χ1n) is 26.5. The number of hydrogen-bond acceptors (Lipinski definition) is 7. The maximum atomic E-state index is 12.7. The van der Waals surface area contributed by atoms with Crippen molar-refractivity contribution < 1.29 is 42.9 Å². The van der Waals surface area contributed by atoms with Crippen molar-refractivity contribution in [2.75, 3.05) is 47.5 Å². The highest BCUT2D eigenvalue weighted by Crippen LogP contribution is 2.16. The van der Waals surface area contributed by atoms with E-state index in [1.165, 1.54) is 141 Å². The highest BCUT2D eigenvalue weighted by atomic mass is 16.7. The molecule has 1 N–H and O–H groups in total. The molecule has 0 aliphatic rings. The summed E-state index contributed by atoms with van der Waals surface area (Å²) in [4.78, 5) is 37.2. The lowest BCUT2D eigenvalue weighted by Crippen LogP contribution is -2.40. The number of likely N-dealkylation sites (N-methyl/N-ethyl adjacent to an activating group) is 1. The number of carbonyl (C=O) groups excluding carboxylic acids is 2. The summed E-state index contributed by atoms with van der Waals surface area (Å²) in [5.41, 5.74) is 0. The summed E-state index contributed by atoms with van der Waals surface area (Å²) < 4.78 is 22.7. The number of esters is 2. The van der Waals surface area contributed by atoms with Crippen LogP contribution < -0.4 is 0 Å². The lowest BCUT2D eigenvalue weighted by Gasteiger charge is -2.25. The normalized spacial score (nSPS) is 13.3. The van der Waals surface area contributed by atoms with Crippen LogP contribution in [-0.4, -0.2) is 87.4 Å². The Morgan fingerprint density at radius 3 is 1.37 bits per heavy atom. The monoisotopic (exact) mass is 915 g/mol. The Bertz CT molecular complexity index is 1250. The molecule has 2 atom stereocenters. The fourth-order valence-corrected chi connectivity index (χ4v) is 7.20. The first-order valence-corrected chi connectivity index (χ1v) is 26.5. The number of carboxylic acid groups (broad SMARTS) is 1. The van der Waals surface area contributed by atoms with Crippen LogP contribution in [-0.2, 0) is 33.3 Å². The predicted molar refractivity (Wildman–Crippen MR) is 272 cm³/mol. The Kier molecular flexibility index (Phi) is 45.3. The van der Waals surface area contributed by atoms with E-state index >= 15 is 0 Å². The lowest BCUT2D eigenvalue weighted by atomic mass is 10.0. The van der Waals surface area contributed by atoms with Gasteiger partial charge in [0, 0.05) is 12.8 Å². The minimum atomic E-state index is -1.53. The molecule has 0 aliphatic heterocycles. The van der Waals surface area contributed by atoms with Gasteiger partial charge in [0.2, 0.25) is 0 Å². The maximum Gasteiger partial charge on any atom is 0.361 e. The van der Waals surface area contributed by atoms with E-state index in [-0.39, 0.29) is 38.6 Å². The van der Waals surface area contributed by atoms with Crippen LogP contribution in [0.15, 0.2) is 60.8 Å². The van der Waals surface area contributed by atoms with E-state index in [1.54, 1.807) is 0 Å². The first-order chi connectivity index (χ1) is 31.6. The number of carboxylic acids is 1. The van der Waals surface area contributed by atoms with Crippen LogP contribution in [0.5, 0.6) is 0 Å². The van der Waals surface area contributed by atoms with Crippen LogP contribution in [0.3, 0.4) is 0 Å². The maximum absolute atomic E-state index is 12.7. The van der Waals surface area contributed by atoms with Crippen molar-refractivity contribution in [2.24, 2.45) is 0 Å². The van der Waals surface area contributed by atoms with E-state index in [0.717, 1.165) is 44.9 Å². The first kappa shape index (κ1) is 62.0. The average molecular weight is 915 g/mol. The zero-order chi connectivity index (χ0) is 47.7. The SMILES string of the molecule is CC/C=C\C/C=C\C/C=C\C/C=C\CCC(=O)OC(COC(=O)CCCCCCCCCCCCCCCCC/C=C\CCCCCCCCCC)COC(OCC[N+](C)(C)C)C(=O)O. The van der Waals surface area contributed by atoms with Crippen LogP contribution in [0, 0.1) is 0 Å². The van der Waals surface area contributed by atoms with Gasteiger partial charge in [-0.2, -0.15) is 0 Å². The molecule has 0 aromatic rings. The van der Waals surface area contributed by atoms with Gasteiger partial charge in [-0.15, -0.1) is 0 Å². The summed E-state index contributed by atoms with van der Waals surface area (Å²) in [6.45, 7) is 4.68. The number of nitrogens with zero attached hydrogens (tertiary/aromatic N) is 1. The van der Waals surface area contributed by atoms with E-state index in [9.17, 15) is 19.5 Å². The molecule has 0 fully saturated rings. The van der Waals surface area contributed by atoms with Gasteiger partial charge in [0.1, 0.15) is 13.2 Å². The smallest absolute Gasteiger partial charge is 0.361 e. The van der Waals surface area contributed by atoms with E-state index in [1.807, 2.05) is 33.3 Å². The van der Waals surface area contributed by atoms with Gasteiger partial charge in [-0.25, -0.2) is 4.79 Å². The molecule has 0 radical (unpaired) electrons. The molecular formula is C56H100NO8+. The minimum absolute atomic E-state index is 0.138. The second kappa shape index (κ2) is 47.5. The standard InChI is InChI=1S/C56H99NO8/c1-6-8-10-12-14-16-18-20-21-22-23-24-25-26-27-28-29-30-31-32-33-35-36-38-40-42-44-46-53(58)63-50-52(51-64-56(55(60)61)62-49-48-57(3,4)5)65-54(59)47-45-43-41-39-37-34-19-17-15-13-11-9-7-2/h9,11,15,17,22-23,34,37,41,43,52,56H,6-8,10,12-14,16,18-21,24-33,35-36,38-40,42,44-51H2,1-5H3/p+1/b11-9-,17-15-,23-22-,37-34-,43-41-. The fourth-order valence-electron chi connectivity index (χ4n) is 7.20. The molecule has 0 heterocycles. The molecule has 0 saturated carbocycles. The average Bonchev–Trinajstić information content (AvgIpc) is 3.27. The molecule has 0 aromatic heterocycles. The van der Waals surface area contributed by atoms with Crippen molar-refractivity contribution in [1.29, 1.82) is 0 Å². The molecule has 9 nitrogen and oxygen atoms in total. The number of hydrogen-bond donors (Lipinski definition) is 1. The second-order valence-electron chi connectivity index (χ2n) is 18.8.